The van der Waals surface area contributed by atoms with E-state index in [9.17, 15) is 13.2 Å². The molecule has 1 aromatic heterocycles. The molecule has 9 heteroatoms. The van der Waals surface area contributed by atoms with Gasteiger partial charge in [-0.15, -0.1) is 0 Å². The van der Waals surface area contributed by atoms with E-state index in [1.54, 1.807) is 19.9 Å². The number of amides is 1. The average Bonchev–Trinajstić information content (AvgIpc) is 3.08. The van der Waals surface area contributed by atoms with Gasteiger partial charge in [0.25, 0.3) is 15.9 Å². The minimum absolute atomic E-state index is 0.0709. The van der Waals surface area contributed by atoms with E-state index in [0.717, 1.165) is 6.42 Å². The number of rotatable bonds is 5. The molecule has 26 heavy (non-hydrogen) atoms. The van der Waals surface area contributed by atoms with Crippen LogP contribution in [0, 0.1) is 13.8 Å². The standard InChI is InChI=1S/C17H20N4O4S/c1-11-10-16(19-12(2)18-11)21-26(23,24)14-7-5-13(6-8-14)20-17(22)15-4-3-9-25-15/h5-8,10,15H,3-4,9H2,1-2H3,(H,20,22)(H,18,19,21)/t15-/m0/s1. The van der Waals surface area contributed by atoms with Crippen molar-refractivity contribution >= 4 is 27.4 Å². The molecule has 2 aromatic rings. The fourth-order valence-corrected chi connectivity index (χ4v) is 3.68. The maximum absolute atomic E-state index is 12.5. The van der Waals surface area contributed by atoms with Crippen molar-refractivity contribution in [1.29, 1.82) is 0 Å². The Morgan fingerprint density at radius 3 is 2.54 bits per heavy atom. The molecule has 0 bridgehead atoms. The summed E-state index contributed by atoms with van der Waals surface area (Å²) in [4.78, 5) is 20.3. The first kappa shape index (κ1) is 18.3. The first-order chi connectivity index (χ1) is 12.3. The number of benzene rings is 1. The summed E-state index contributed by atoms with van der Waals surface area (Å²) in [6.45, 7) is 4.04. The van der Waals surface area contributed by atoms with Gasteiger partial charge in [0, 0.05) is 24.1 Å². The maximum Gasteiger partial charge on any atom is 0.263 e. The van der Waals surface area contributed by atoms with Gasteiger partial charge in [0.2, 0.25) is 0 Å². The minimum Gasteiger partial charge on any atom is -0.368 e. The van der Waals surface area contributed by atoms with Crippen molar-refractivity contribution in [2.24, 2.45) is 0 Å². The van der Waals surface area contributed by atoms with Crippen molar-refractivity contribution in [1.82, 2.24) is 9.97 Å². The first-order valence-electron chi connectivity index (χ1n) is 8.21. The van der Waals surface area contributed by atoms with Gasteiger partial charge >= 0.3 is 0 Å². The number of carbonyl (C=O) groups excluding carboxylic acids is 1. The fraction of sp³-hybridized carbons (Fsp3) is 0.353. The van der Waals surface area contributed by atoms with Crippen LogP contribution >= 0.6 is 0 Å². The third-order valence-corrected chi connectivity index (χ3v) is 5.23. The molecule has 1 atom stereocenters. The smallest absolute Gasteiger partial charge is 0.263 e. The fourth-order valence-electron chi connectivity index (χ4n) is 2.69. The van der Waals surface area contributed by atoms with Crippen LogP contribution in [0.25, 0.3) is 0 Å². The van der Waals surface area contributed by atoms with E-state index < -0.39 is 16.1 Å². The van der Waals surface area contributed by atoms with Crippen LogP contribution in [0.2, 0.25) is 0 Å². The van der Waals surface area contributed by atoms with Gasteiger partial charge in [0.1, 0.15) is 17.7 Å². The average molecular weight is 376 g/mol. The number of nitrogens with zero attached hydrogens (tertiary/aromatic N) is 2. The number of hydrogen-bond donors (Lipinski definition) is 2. The molecule has 0 spiro atoms. The Morgan fingerprint density at radius 2 is 1.92 bits per heavy atom. The molecule has 138 valence electrons. The van der Waals surface area contributed by atoms with Crippen LogP contribution in [0.4, 0.5) is 11.5 Å². The van der Waals surface area contributed by atoms with Gasteiger partial charge in [-0.25, -0.2) is 18.4 Å². The summed E-state index contributed by atoms with van der Waals surface area (Å²) in [5.74, 6) is 0.476. The number of nitrogens with one attached hydrogen (secondary N) is 2. The molecule has 2 N–H and O–H groups in total. The minimum atomic E-state index is -3.79. The maximum atomic E-state index is 12.5. The zero-order valence-corrected chi connectivity index (χ0v) is 15.3. The summed E-state index contributed by atoms with van der Waals surface area (Å²) in [7, 11) is -3.79. The number of sulfonamides is 1. The third-order valence-electron chi connectivity index (χ3n) is 3.86. The lowest BCUT2D eigenvalue weighted by Gasteiger charge is -2.12. The molecular formula is C17H20N4O4S. The second kappa shape index (κ2) is 7.38. The van der Waals surface area contributed by atoms with Crippen molar-refractivity contribution < 1.29 is 17.9 Å². The van der Waals surface area contributed by atoms with Crippen molar-refractivity contribution in [3.63, 3.8) is 0 Å². The zero-order valence-electron chi connectivity index (χ0n) is 14.5. The van der Waals surface area contributed by atoms with E-state index in [0.29, 0.717) is 30.2 Å². The van der Waals surface area contributed by atoms with Crippen LogP contribution in [0.3, 0.4) is 0 Å². The van der Waals surface area contributed by atoms with Crippen molar-refractivity contribution in [2.45, 2.75) is 37.7 Å². The second-order valence-corrected chi connectivity index (χ2v) is 7.74. The van der Waals surface area contributed by atoms with Gasteiger partial charge < -0.3 is 10.1 Å². The van der Waals surface area contributed by atoms with E-state index in [4.69, 9.17) is 4.74 Å². The van der Waals surface area contributed by atoms with Crippen LogP contribution in [0.1, 0.15) is 24.4 Å². The highest BCUT2D eigenvalue weighted by Crippen LogP contribution is 2.19. The van der Waals surface area contributed by atoms with E-state index in [-0.39, 0.29) is 16.6 Å². The summed E-state index contributed by atoms with van der Waals surface area (Å²) >= 11 is 0. The Morgan fingerprint density at radius 1 is 1.19 bits per heavy atom. The molecule has 8 nitrogen and oxygen atoms in total. The normalized spacial score (nSPS) is 17.1. The topological polar surface area (TPSA) is 110 Å². The third kappa shape index (κ3) is 4.36. The Hall–Kier alpha value is -2.52. The lowest BCUT2D eigenvalue weighted by Crippen LogP contribution is -2.26. The summed E-state index contributed by atoms with van der Waals surface area (Å²) < 4.78 is 32.7. The van der Waals surface area contributed by atoms with Gasteiger partial charge in [-0.1, -0.05) is 0 Å². The number of anilines is 2. The Balaban J connectivity index is 1.71. The van der Waals surface area contributed by atoms with E-state index in [2.05, 4.69) is 20.0 Å². The molecule has 0 saturated carbocycles. The number of aromatic nitrogens is 2. The predicted molar refractivity (Wildman–Crippen MR) is 96.4 cm³/mol. The summed E-state index contributed by atoms with van der Waals surface area (Å²) in [6.07, 6.45) is 1.12. The summed E-state index contributed by atoms with van der Waals surface area (Å²) in [5.41, 5.74) is 1.18. The lowest BCUT2D eigenvalue weighted by molar-refractivity contribution is -0.124. The van der Waals surface area contributed by atoms with Crippen LogP contribution in [0.15, 0.2) is 35.2 Å². The summed E-state index contributed by atoms with van der Waals surface area (Å²) in [6, 6.07) is 7.49. The van der Waals surface area contributed by atoms with Gasteiger partial charge in [-0.3, -0.25) is 9.52 Å². The number of hydrogen-bond acceptors (Lipinski definition) is 6. The molecule has 0 aliphatic carbocycles. The summed E-state index contributed by atoms with van der Waals surface area (Å²) in [5, 5.41) is 2.73. The number of aryl methyl sites for hydroxylation is 2. The molecule has 0 unspecified atom stereocenters. The first-order valence-corrected chi connectivity index (χ1v) is 9.69. The van der Waals surface area contributed by atoms with E-state index >= 15 is 0 Å². The quantitative estimate of drug-likeness (QED) is 0.826. The van der Waals surface area contributed by atoms with E-state index in [1.165, 1.54) is 24.3 Å². The molecule has 1 aromatic carbocycles. The SMILES string of the molecule is Cc1cc(NS(=O)(=O)c2ccc(NC(=O)[C@@H]3CCCO3)cc2)nc(C)n1. The predicted octanol–water partition coefficient (Wildman–Crippen LogP) is 2.01. The number of carbonyl (C=O) groups is 1. The molecule has 1 fully saturated rings. The van der Waals surface area contributed by atoms with Gasteiger partial charge in [-0.05, 0) is 51.0 Å². The Bertz CT molecular complexity index is 887. The van der Waals surface area contributed by atoms with Crippen molar-refractivity contribution in [3.05, 3.63) is 41.9 Å². The van der Waals surface area contributed by atoms with Gasteiger partial charge in [-0.2, -0.15) is 0 Å². The highest BCUT2D eigenvalue weighted by atomic mass is 32.2. The van der Waals surface area contributed by atoms with Crippen LogP contribution in [-0.4, -0.2) is 37.0 Å². The zero-order chi connectivity index (χ0) is 18.7. The van der Waals surface area contributed by atoms with Gasteiger partial charge in [0.15, 0.2) is 0 Å². The Labute approximate surface area is 152 Å². The molecule has 1 amide bonds. The number of ether oxygens (including phenoxy) is 1. The van der Waals surface area contributed by atoms with Crippen molar-refractivity contribution in [2.75, 3.05) is 16.6 Å². The molecular weight excluding hydrogens is 356 g/mol. The molecule has 0 radical (unpaired) electrons. The molecule has 1 saturated heterocycles. The largest absolute Gasteiger partial charge is 0.368 e. The molecule has 1 aliphatic rings. The molecule has 2 heterocycles. The lowest BCUT2D eigenvalue weighted by atomic mass is 10.2. The van der Waals surface area contributed by atoms with Gasteiger partial charge in [0.05, 0.1) is 4.90 Å². The van der Waals surface area contributed by atoms with Crippen LogP contribution in [0.5, 0.6) is 0 Å². The second-order valence-electron chi connectivity index (χ2n) is 6.06. The van der Waals surface area contributed by atoms with E-state index in [1.807, 2.05) is 0 Å². The highest BCUT2D eigenvalue weighted by Gasteiger charge is 2.23. The Kier molecular flexibility index (Phi) is 5.19. The monoisotopic (exact) mass is 376 g/mol. The molecule has 3 rings (SSSR count). The van der Waals surface area contributed by atoms with Crippen molar-refractivity contribution in [3.8, 4) is 0 Å². The van der Waals surface area contributed by atoms with Crippen LogP contribution in [-0.2, 0) is 19.6 Å². The molecule has 1 aliphatic heterocycles. The highest BCUT2D eigenvalue weighted by molar-refractivity contribution is 7.92. The van der Waals surface area contributed by atoms with Crippen LogP contribution < -0.4 is 10.0 Å².